The van der Waals surface area contributed by atoms with Gasteiger partial charge in [-0.3, -0.25) is 4.57 Å². The maximum absolute atomic E-state index is 13.0. The summed E-state index contributed by atoms with van der Waals surface area (Å²) in [4.78, 5) is 30.2. The molecule has 8 rings (SSSR count). The van der Waals surface area contributed by atoms with Gasteiger partial charge >= 0.3 is 6.03 Å². The minimum absolute atomic E-state index is 0.00542. The number of phenolic OH excluding ortho intramolecular Hbond substituents is 2. The number of primary sulfonamides is 1. The number of amides is 2. The van der Waals surface area contributed by atoms with Gasteiger partial charge in [-0.15, -0.1) is 10.2 Å². The van der Waals surface area contributed by atoms with Crippen molar-refractivity contribution in [1.29, 1.82) is 0 Å². The van der Waals surface area contributed by atoms with Gasteiger partial charge in [-0.2, -0.15) is 14.8 Å². The molecule has 5 atom stereocenters. The average Bonchev–Trinajstić information content (AvgIpc) is 4.04. The summed E-state index contributed by atoms with van der Waals surface area (Å²) in [7, 11) is -3.98. The molecule has 0 saturated carbocycles. The van der Waals surface area contributed by atoms with Crippen LogP contribution in [0.15, 0.2) is 84.0 Å². The third-order valence-electron chi connectivity index (χ3n) is 10.2. The maximum Gasteiger partial charge on any atom is 0.319 e. The number of fused-ring (bicyclic) bond motifs is 1. The first kappa shape index (κ1) is 40.3. The zero-order chi connectivity index (χ0) is 42.1. The summed E-state index contributed by atoms with van der Waals surface area (Å²) in [6, 6.07) is 18.2. The first-order valence-electron chi connectivity index (χ1n) is 18.8. The van der Waals surface area contributed by atoms with E-state index < -0.39 is 40.6 Å². The molecule has 3 aromatic heterocycles. The predicted molar refractivity (Wildman–Crippen MR) is 212 cm³/mol. The number of aromatic hydroxyl groups is 2. The normalized spacial score (nSPS) is 20.6. The number of hydrogen-bond donors (Lipinski definition) is 9. The quantitative estimate of drug-likeness (QED) is 0.0764. The summed E-state index contributed by atoms with van der Waals surface area (Å²) >= 11 is 0. The van der Waals surface area contributed by atoms with Crippen LogP contribution in [0.5, 0.6) is 11.5 Å². The highest BCUT2D eigenvalue weighted by Gasteiger charge is 2.47. The number of aliphatic hydroxyl groups excluding tert-OH is 3. The van der Waals surface area contributed by atoms with Crippen molar-refractivity contribution in [2.75, 3.05) is 41.8 Å². The molecule has 2 saturated heterocycles. The summed E-state index contributed by atoms with van der Waals surface area (Å²) in [5.74, 6) is 0.481. The van der Waals surface area contributed by atoms with Gasteiger partial charge in [-0.1, -0.05) is 30.3 Å². The summed E-state index contributed by atoms with van der Waals surface area (Å²) in [6.07, 6.45) is -3.42. The molecule has 60 heavy (non-hydrogen) atoms. The Kier molecular flexibility index (Phi) is 11.2. The minimum Gasteiger partial charge on any atom is -0.508 e. The molecular formula is C37H41N13O9S. The smallest absolute Gasteiger partial charge is 0.319 e. The molecule has 2 amide bonds. The molecule has 23 heteroatoms. The number of aromatic nitrogens is 8. The Morgan fingerprint density at radius 2 is 1.70 bits per heavy atom. The minimum atomic E-state index is -3.98. The van der Waals surface area contributed by atoms with E-state index in [9.17, 15) is 38.7 Å². The van der Waals surface area contributed by atoms with Gasteiger partial charge in [-0.05, 0) is 65.2 Å². The Morgan fingerprint density at radius 1 is 0.983 bits per heavy atom. The summed E-state index contributed by atoms with van der Waals surface area (Å²) in [5, 5.41) is 77.9. The van der Waals surface area contributed by atoms with E-state index in [1.807, 2.05) is 4.90 Å². The van der Waals surface area contributed by atoms with E-state index in [0.29, 0.717) is 24.3 Å². The van der Waals surface area contributed by atoms with E-state index in [-0.39, 0.29) is 77.7 Å². The third kappa shape index (κ3) is 8.47. The lowest BCUT2D eigenvalue weighted by molar-refractivity contribution is -0.0384. The lowest BCUT2D eigenvalue weighted by Crippen LogP contribution is -2.40. The monoisotopic (exact) mass is 843 g/mol. The fourth-order valence-electron chi connectivity index (χ4n) is 7.22. The molecule has 22 nitrogen and oxygen atoms in total. The highest BCUT2D eigenvalue weighted by molar-refractivity contribution is 7.89. The Bertz CT molecular complexity index is 2550. The number of rotatable bonds is 13. The van der Waals surface area contributed by atoms with Crippen molar-refractivity contribution in [3.63, 3.8) is 0 Å². The van der Waals surface area contributed by atoms with Crippen molar-refractivity contribution >= 4 is 44.7 Å². The lowest BCUT2D eigenvalue weighted by Gasteiger charge is -2.22. The van der Waals surface area contributed by atoms with Gasteiger partial charge in [0.05, 0.1) is 24.4 Å². The van der Waals surface area contributed by atoms with Crippen LogP contribution in [0.25, 0.3) is 11.2 Å². The summed E-state index contributed by atoms with van der Waals surface area (Å²) in [5.41, 5.74) is 2.50. The number of sulfonamides is 1. The van der Waals surface area contributed by atoms with E-state index in [1.54, 1.807) is 48.5 Å². The van der Waals surface area contributed by atoms with Crippen molar-refractivity contribution in [2.45, 2.75) is 54.4 Å². The topological polar surface area (TPSA) is 314 Å². The molecule has 3 aromatic carbocycles. The van der Waals surface area contributed by atoms with E-state index in [0.717, 1.165) is 15.9 Å². The van der Waals surface area contributed by atoms with E-state index in [4.69, 9.17) is 19.8 Å². The van der Waals surface area contributed by atoms with Gasteiger partial charge < -0.3 is 51.1 Å². The van der Waals surface area contributed by atoms with Crippen molar-refractivity contribution in [1.82, 2.24) is 45.0 Å². The SMILES string of the molecule is NS(=O)(=O)c1cccc(NC(=O)N[C@@H]2CCN(c3nc(NCC(c4ccc(O)cc4)c4ccc(O)cc4)c4ncn([C@@H]5O[C@H](c6nnn(CCO)n6)[C@@H](O)[C@H]5O)c4n3)C2)c1. The molecule has 10 N–H and O–H groups in total. The number of benzene rings is 3. The van der Waals surface area contributed by atoms with Crippen LogP contribution in [-0.4, -0.2) is 124 Å². The van der Waals surface area contributed by atoms with Gasteiger partial charge in [0.1, 0.15) is 23.7 Å². The second kappa shape index (κ2) is 16.6. The van der Waals surface area contributed by atoms with Crippen LogP contribution in [0.4, 0.5) is 22.2 Å². The molecular weight excluding hydrogens is 803 g/mol. The Labute approximate surface area is 341 Å². The number of phenols is 2. The molecule has 2 aliphatic heterocycles. The van der Waals surface area contributed by atoms with E-state index >= 15 is 0 Å². The highest BCUT2D eigenvalue weighted by atomic mass is 32.2. The van der Waals surface area contributed by atoms with Crippen LogP contribution in [0.1, 0.15) is 41.6 Å². The van der Waals surface area contributed by atoms with Crippen LogP contribution in [0.3, 0.4) is 0 Å². The number of anilines is 3. The molecule has 314 valence electrons. The zero-order valence-electron chi connectivity index (χ0n) is 31.6. The number of tetrazole rings is 1. The van der Waals surface area contributed by atoms with E-state index in [1.165, 1.54) is 35.2 Å². The van der Waals surface area contributed by atoms with E-state index in [2.05, 4.69) is 36.3 Å². The van der Waals surface area contributed by atoms with Crippen LogP contribution < -0.4 is 26.0 Å². The van der Waals surface area contributed by atoms with Gasteiger partial charge in [-0.25, -0.2) is 23.3 Å². The molecule has 6 aromatic rings. The summed E-state index contributed by atoms with van der Waals surface area (Å²) < 4.78 is 31.3. The molecule has 0 radical (unpaired) electrons. The van der Waals surface area contributed by atoms with Crippen molar-refractivity contribution in [2.24, 2.45) is 5.14 Å². The predicted octanol–water partition coefficient (Wildman–Crippen LogP) is 0.500. The van der Waals surface area contributed by atoms with Gasteiger partial charge in [0.15, 0.2) is 29.3 Å². The van der Waals surface area contributed by atoms with Gasteiger partial charge in [0, 0.05) is 37.3 Å². The first-order valence-corrected chi connectivity index (χ1v) is 20.3. The second-order valence-electron chi connectivity index (χ2n) is 14.3. The van der Waals surface area contributed by atoms with Gasteiger partial charge in [0.25, 0.3) is 0 Å². The Morgan fingerprint density at radius 3 is 2.38 bits per heavy atom. The largest absolute Gasteiger partial charge is 0.508 e. The van der Waals surface area contributed by atoms with Crippen LogP contribution in [-0.2, 0) is 21.3 Å². The molecule has 0 spiro atoms. The molecule has 2 fully saturated rings. The highest BCUT2D eigenvalue weighted by Crippen LogP contribution is 2.39. The number of nitrogens with two attached hydrogens (primary N) is 1. The zero-order valence-corrected chi connectivity index (χ0v) is 32.4. The Hall–Kier alpha value is -6.50. The van der Waals surface area contributed by atoms with Crippen molar-refractivity contribution in [3.05, 3.63) is 96.1 Å². The molecule has 5 heterocycles. The number of nitrogens with one attached hydrogen (secondary N) is 3. The van der Waals surface area contributed by atoms with Gasteiger partial charge in [0.2, 0.25) is 21.8 Å². The number of aliphatic hydroxyl groups is 3. The number of ether oxygens (including phenoxy) is 1. The fraction of sp³-hybridized carbons (Fsp3) is 0.324. The van der Waals surface area contributed by atoms with Crippen molar-refractivity contribution in [3.8, 4) is 11.5 Å². The number of hydrogen-bond acceptors (Lipinski definition) is 17. The number of carbonyl (C=O) groups excluding carboxylic acids is 1. The van der Waals surface area contributed by atoms with Crippen LogP contribution >= 0.6 is 0 Å². The molecule has 0 aliphatic carbocycles. The first-order chi connectivity index (χ1) is 28.8. The van der Waals surface area contributed by atoms with Crippen LogP contribution in [0.2, 0.25) is 0 Å². The number of urea groups is 1. The third-order valence-corrected chi connectivity index (χ3v) is 11.1. The summed E-state index contributed by atoms with van der Waals surface area (Å²) in [6.45, 7) is 0.803. The number of imidazole rings is 1. The fourth-order valence-corrected chi connectivity index (χ4v) is 7.78. The molecule has 0 bridgehead atoms. The number of carbonyl (C=O) groups is 1. The Balaban J connectivity index is 1.09. The van der Waals surface area contributed by atoms with Crippen LogP contribution in [0, 0.1) is 0 Å². The maximum atomic E-state index is 13.0. The second-order valence-corrected chi connectivity index (χ2v) is 15.9. The average molecular weight is 844 g/mol. The standard InChI is InChI=1S/C37H41N13O9S/c38-60(57,58)26-3-1-2-22(16-26)41-37(56)42-23-12-13-48(18-23)36-43-32(39-17-27(20-4-8-24(52)9-5-20)21-6-10-25(53)11-7-21)28-34(44-36)49(19-40-28)35-30(55)29(54)31(59-35)33-45-47-50(46-33)14-15-51/h1-11,16,19,23,27,29-31,35,51-55H,12-15,17-18H2,(H2,38,57,58)(H,39,43,44)(H2,41,42,56)/t23-,29+,30-,31+,35-/m1/s1. The number of nitrogens with zero attached hydrogens (tertiary/aromatic N) is 9. The lowest BCUT2D eigenvalue weighted by atomic mass is 9.91. The molecule has 0 unspecified atom stereocenters. The van der Waals surface area contributed by atoms with Crippen molar-refractivity contribution < 1.29 is 43.5 Å². The molecule has 2 aliphatic rings.